The number of aromatic nitrogens is 4. The van der Waals surface area contributed by atoms with E-state index < -0.39 is 83.7 Å². The smallest absolute Gasteiger partial charge is 0.387 e. The Balaban J connectivity index is 1.43. The van der Waals surface area contributed by atoms with Crippen molar-refractivity contribution in [1.29, 1.82) is 0 Å². The number of anilines is 1. The van der Waals surface area contributed by atoms with Gasteiger partial charge >= 0.3 is 15.6 Å². The van der Waals surface area contributed by atoms with E-state index in [1.54, 1.807) is 13.8 Å². The Hall–Kier alpha value is -1.63. The van der Waals surface area contributed by atoms with Crippen molar-refractivity contribution in [2.24, 2.45) is 0 Å². The first-order valence-corrected chi connectivity index (χ1v) is 14.5. The summed E-state index contributed by atoms with van der Waals surface area (Å²) < 4.78 is 65.3. The van der Waals surface area contributed by atoms with Gasteiger partial charge in [-0.2, -0.15) is 4.31 Å². The maximum absolute atomic E-state index is 12.5. The minimum absolute atomic E-state index is 0.0309. The number of aliphatic hydroxyl groups excluding tert-OH is 2. The number of ether oxygens (including phenoxy) is 4. The molecule has 0 amide bonds. The maximum Gasteiger partial charge on any atom is 0.481 e. The molecule has 2 aromatic heterocycles. The average Bonchev–Trinajstić information content (AvgIpc) is 3.53. The van der Waals surface area contributed by atoms with Gasteiger partial charge in [-0.25, -0.2) is 18.7 Å². The molecule has 3 saturated heterocycles. The molecule has 0 aromatic carbocycles. The quantitative estimate of drug-likeness (QED) is 0.177. The first-order valence-electron chi connectivity index (χ1n) is 11.5. The van der Waals surface area contributed by atoms with Crippen molar-refractivity contribution >= 4 is 32.6 Å². The van der Waals surface area contributed by atoms with E-state index in [0.717, 1.165) is 0 Å². The molecular formula is C18H26N5O13P2+. The van der Waals surface area contributed by atoms with Gasteiger partial charge in [-0.1, -0.05) is 4.98 Å². The Morgan fingerprint density at radius 3 is 2.39 bits per heavy atom. The Bertz CT molecular complexity index is 1360. The van der Waals surface area contributed by atoms with Crippen LogP contribution >= 0.6 is 15.6 Å². The van der Waals surface area contributed by atoms with Crippen molar-refractivity contribution in [1.82, 2.24) is 14.5 Å². The number of nitrogens with zero attached hydrogens (tertiary/aromatic N) is 4. The maximum atomic E-state index is 12.5. The minimum Gasteiger partial charge on any atom is -0.387 e. The van der Waals surface area contributed by atoms with Gasteiger partial charge in [-0.15, -0.1) is 0 Å². The zero-order chi connectivity index (χ0) is 27.2. The molecular weight excluding hydrogens is 556 g/mol. The van der Waals surface area contributed by atoms with Crippen molar-refractivity contribution in [2.45, 2.75) is 68.7 Å². The second-order valence-corrected chi connectivity index (χ2v) is 12.7. The number of fused-ring (bicyclic) bond motifs is 8. The van der Waals surface area contributed by atoms with Gasteiger partial charge in [0.05, 0.1) is 13.2 Å². The molecule has 10 atom stereocenters. The van der Waals surface area contributed by atoms with E-state index in [1.165, 1.54) is 21.8 Å². The fourth-order valence-electron chi connectivity index (χ4n) is 4.98. The molecule has 6 N–H and O–H groups in total. The molecule has 7 heterocycles. The number of nitrogen functional groups attached to an aromatic ring is 1. The molecule has 18 nitrogen and oxygen atoms in total. The van der Waals surface area contributed by atoms with Crippen LogP contribution in [-0.4, -0.2) is 90.2 Å². The summed E-state index contributed by atoms with van der Waals surface area (Å²) in [4.78, 5) is 28.8. The molecule has 5 aliphatic rings. The summed E-state index contributed by atoms with van der Waals surface area (Å²) in [5.74, 6) is -1.01. The van der Waals surface area contributed by atoms with Gasteiger partial charge in [0.25, 0.3) is 5.82 Å². The lowest BCUT2D eigenvalue weighted by Gasteiger charge is -2.25. The highest BCUT2D eigenvalue weighted by molar-refractivity contribution is 7.61. The lowest BCUT2D eigenvalue weighted by Crippen LogP contribution is -2.48. The highest BCUT2D eigenvalue weighted by atomic mass is 31.3. The fraction of sp³-hybridized carbons (Fsp3) is 0.722. The first-order chi connectivity index (χ1) is 17.8. The van der Waals surface area contributed by atoms with Crippen LogP contribution in [0.25, 0.3) is 11.2 Å². The van der Waals surface area contributed by atoms with Crippen molar-refractivity contribution in [3.8, 4) is 0 Å². The summed E-state index contributed by atoms with van der Waals surface area (Å²) in [6, 6.07) is 0. The molecule has 0 spiro atoms. The van der Waals surface area contributed by atoms with Gasteiger partial charge < -0.3 is 44.7 Å². The van der Waals surface area contributed by atoms with Crippen molar-refractivity contribution in [2.75, 3.05) is 18.9 Å². The van der Waals surface area contributed by atoms with Gasteiger partial charge in [-0.05, 0) is 13.8 Å². The van der Waals surface area contributed by atoms with E-state index in [0.29, 0.717) is 0 Å². The second-order valence-electron chi connectivity index (χ2n) is 9.65. The summed E-state index contributed by atoms with van der Waals surface area (Å²) >= 11 is 0. The molecule has 8 bridgehead atoms. The van der Waals surface area contributed by atoms with E-state index in [9.17, 15) is 29.1 Å². The zero-order valence-electron chi connectivity index (χ0n) is 19.9. The summed E-state index contributed by atoms with van der Waals surface area (Å²) in [6.07, 6.45) is -6.50. The van der Waals surface area contributed by atoms with Crippen LogP contribution in [0.1, 0.15) is 26.3 Å². The molecule has 210 valence electrons. The lowest BCUT2D eigenvalue weighted by atomic mass is 10.1. The predicted octanol–water partition coefficient (Wildman–Crippen LogP) is -1.40. The van der Waals surface area contributed by atoms with Crippen molar-refractivity contribution < 1.29 is 66.0 Å². The van der Waals surface area contributed by atoms with Crippen LogP contribution < -0.4 is 10.3 Å². The van der Waals surface area contributed by atoms with Crippen molar-refractivity contribution in [3.05, 3.63) is 12.7 Å². The van der Waals surface area contributed by atoms with Crippen LogP contribution in [0.5, 0.6) is 0 Å². The third-order valence-corrected chi connectivity index (χ3v) is 9.22. The van der Waals surface area contributed by atoms with Crippen LogP contribution in [0.4, 0.5) is 5.82 Å². The number of hydrogen-bond donors (Lipinski definition) is 5. The number of phosphoric acid groups is 2. The Labute approximate surface area is 214 Å². The molecule has 0 radical (unpaired) electrons. The van der Waals surface area contributed by atoms with Gasteiger partial charge in [-0.3, -0.25) is 13.6 Å². The largest absolute Gasteiger partial charge is 0.481 e. The summed E-state index contributed by atoms with van der Waals surface area (Å²) in [6.45, 7) is 1.96. The van der Waals surface area contributed by atoms with Crippen LogP contribution in [0.3, 0.4) is 0 Å². The van der Waals surface area contributed by atoms with Crippen LogP contribution in [0, 0.1) is 0 Å². The normalized spacial score (nSPS) is 44.9. The van der Waals surface area contributed by atoms with E-state index in [1.807, 2.05) is 0 Å². The molecule has 3 fully saturated rings. The number of phosphoric ester groups is 2. The number of hydrogen-bond acceptors (Lipinski definition) is 14. The average molecular weight is 582 g/mol. The van der Waals surface area contributed by atoms with E-state index in [2.05, 4.69) is 14.3 Å². The molecule has 38 heavy (non-hydrogen) atoms. The lowest BCUT2D eigenvalue weighted by molar-refractivity contribution is -0.755. The number of nitrogens with two attached hydrogens (primary N) is 1. The Morgan fingerprint density at radius 1 is 1.03 bits per heavy atom. The van der Waals surface area contributed by atoms with Gasteiger partial charge in [0.15, 0.2) is 17.5 Å². The first kappa shape index (κ1) is 26.6. The Morgan fingerprint density at radius 2 is 1.68 bits per heavy atom. The minimum atomic E-state index is -5.21. The molecule has 2 aromatic rings. The van der Waals surface area contributed by atoms with Crippen LogP contribution in [-0.2, 0) is 41.4 Å². The van der Waals surface area contributed by atoms with E-state index >= 15 is 0 Å². The van der Waals surface area contributed by atoms with E-state index in [-0.39, 0.29) is 17.0 Å². The third-order valence-electron chi connectivity index (χ3n) is 6.61. The highest BCUT2D eigenvalue weighted by Gasteiger charge is 2.57. The van der Waals surface area contributed by atoms with Gasteiger partial charge in [0.1, 0.15) is 43.0 Å². The van der Waals surface area contributed by atoms with Gasteiger partial charge in [0.2, 0.25) is 18.2 Å². The standard InChI is InChI=1S/C18H25N5O13P2/c1-18(2)34-12-8-4-31-38(28,29)36-37(26,27)30-3-7-10(24)11(25)16(32-7)22-6-21-15-9(14(22)19)20-5-23(15)17(33-8)13(12)35-18/h5-8,10-13,16-17,19,24-25H,3-4H2,1-2H3,(H2,26,27,28,29)/p+1/t7-,8-,10-,11-,12-,13-,16-,17-/m1/s1. The summed E-state index contributed by atoms with van der Waals surface area (Å²) in [5, 5.41) is 21.0. The summed E-state index contributed by atoms with van der Waals surface area (Å²) in [5.41, 5.74) is 6.83. The van der Waals surface area contributed by atoms with Crippen LogP contribution in [0.2, 0.25) is 0 Å². The summed E-state index contributed by atoms with van der Waals surface area (Å²) in [7, 11) is -10.4. The monoisotopic (exact) mass is 582 g/mol. The number of aliphatic hydroxyl groups is 2. The third kappa shape index (κ3) is 4.49. The van der Waals surface area contributed by atoms with Gasteiger partial charge in [0, 0.05) is 0 Å². The molecule has 7 rings (SSSR count). The molecule has 5 aliphatic heterocycles. The molecule has 0 saturated carbocycles. The number of imidazole rings is 1. The van der Waals surface area contributed by atoms with Crippen LogP contribution in [0.15, 0.2) is 12.7 Å². The zero-order valence-corrected chi connectivity index (χ0v) is 21.7. The Kier molecular flexibility index (Phi) is 6.25. The molecule has 0 aliphatic carbocycles. The van der Waals surface area contributed by atoms with Crippen molar-refractivity contribution in [3.63, 3.8) is 0 Å². The molecule has 20 heteroatoms. The predicted molar refractivity (Wildman–Crippen MR) is 118 cm³/mol. The molecule has 2 unspecified atom stereocenters. The fourth-order valence-corrected chi connectivity index (χ4v) is 7.07. The highest BCUT2D eigenvalue weighted by Crippen LogP contribution is 2.61. The SMILES string of the molecule is CC1(C)O[C@@H]2[C@H](O1)[C@H]1COP(=O)(O)OP(=O)(O)OC[C@H]3O[C@H]([C@H](O)[C@@H]3O)[n+]3cnc4c(ncn4[C@@H]2O1)c3N. The number of rotatable bonds is 0. The second kappa shape index (κ2) is 8.94. The van der Waals surface area contributed by atoms with E-state index in [4.69, 9.17) is 33.7 Å². The topological polar surface area (TPSA) is 240 Å².